The van der Waals surface area contributed by atoms with Gasteiger partial charge in [0.05, 0.1) is 11.0 Å². The van der Waals surface area contributed by atoms with Gasteiger partial charge in [-0.3, -0.25) is 10.1 Å². The van der Waals surface area contributed by atoms with Gasteiger partial charge < -0.3 is 10.5 Å². The molecule has 138 valence electrons. The number of ketones is 1. The van der Waals surface area contributed by atoms with Crippen molar-refractivity contribution in [1.29, 1.82) is 0 Å². The summed E-state index contributed by atoms with van der Waals surface area (Å²) >= 11 is 0. The van der Waals surface area contributed by atoms with E-state index in [-0.39, 0.29) is 12.2 Å². The van der Waals surface area contributed by atoms with Gasteiger partial charge in [-0.05, 0) is 12.8 Å². The fourth-order valence-electron chi connectivity index (χ4n) is 2.65. The molecule has 0 aromatic heterocycles. The number of sulfone groups is 1. The van der Waals surface area contributed by atoms with Crippen LogP contribution in [0, 0.1) is 0 Å². The lowest BCUT2D eigenvalue weighted by Gasteiger charge is -2.18. The maximum atomic E-state index is 12.4. The summed E-state index contributed by atoms with van der Waals surface area (Å²) in [6, 6.07) is -2.63. The van der Waals surface area contributed by atoms with Gasteiger partial charge in [0, 0.05) is 13.0 Å². The van der Waals surface area contributed by atoms with Crippen LogP contribution in [-0.2, 0) is 29.0 Å². The third-order valence-corrected chi connectivity index (χ3v) is 6.23. The van der Waals surface area contributed by atoms with E-state index in [4.69, 9.17) is 5.73 Å². The van der Waals surface area contributed by atoms with Crippen molar-refractivity contribution < 1.29 is 27.5 Å². The van der Waals surface area contributed by atoms with Crippen LogP contribution in [0.25, 0.3) is 0 Å². The summed E-state index contributed by atoms with van der Waals surface area (Å²) in [4.78, 5) is 35.0. The van der Waals surface area contributed by atoms with Crippen molar-refractivity contribution in [3.05, 3.63) is 0 Å². The molecule has 1 fully saturated rings. The molecule has 0 unspecified atom stereocenters. The van der Waals surface area contributed by atoms with Crippen molar-refractivity contribution in [2.45, 2.75) is 63.3 Å². The molecule has 24 heavy (non-hydrogen) atoms. The van der Waals surface area contributed by atoms with Crippen molar-refractivity contribution >= 4 is 27.6 Å². The molecule has 0 aromatic carbocycles. The summed E-state index contributed by atoms with van der Waals surface area (Å²) in [5.74, 6) is -3.10. The van der Waals surface area contributed by atoms with Crippen molar-refractivity contribution in [2.75, 3.05) is 12.3 Å². The Kier molecular flexibility index (Phi) is 7.98. The number of ether oxygens (including phenoxy) is 1. The fraction of sp³-hybridized carbons (Fsp3) is 0.800. The van der Waals surface area contributed by atoms with E-state index < -0.39 is 44.9 Å². The van der Waals surface area contributed by atoms with Gasteiger partial charge in [-0.15, -0.1) is 0 Å². The topological polar surface area (TPSA) is 133 Å². The minimum atomic E-state index is -3.58. The molecule has 1 saturated heterocycles. The Labute approximate surface area is 142 Å². The van der Waals surface area contributed by atoms with Crippen LogP contribution in [-0.4, -0.2) is 55.8 Å². The van der Waals surface area contributed by atoms with E-state index in [0.29, 0.717) is 32.2 Å². The van der Waals surface area contributed by atoms with Crippen LogP contribution in [0.4, 0.5) is 0 Å². The zero-order valence-electron chi connectivity index (χ0n) is 14.1. The molecule has 0 aliphatic carbocycles. The minimum Gasteiger partial charge on any atom is -0.390 e. The van der Waals surface area contributed by atoms with Crippen LogP contribution in [0.5, 0.6) is 0 Å². The predicted octanol–water partition coefficient (Wildman–Crippen LogP) is -0.302. The second-order valence-corrected chi connectivity index (χ2v) is 8.30. The Morgan fingerprint density at radius 1 is 1.29 bits per heavy atom. The second kappa shape index (κ2) is 9.24. The van der Waals surface area contributed by atoms with Gasteiger partial charge in [-0.25, -0.2) is 18.0 Å². The number of rotatable bonds is 9. The zero-order chi connectivity index (χ0) is 18.3. The van der Waals surface area contributed by atoms with E-state index in [1.807, 2.05) is 13.8 Å². The van der Waals surface area contributed by atoms with Gasteiger partial charge in [0.1, 0.15) is 6.04 Å². The Morgan fingerprint density at radius 2 is 1.88 bits per heavy atom. The zero-order valence-corrected chi connectivity index (χ0v) is 14.9. The molecule has 0 radical (unpaired) electrons. The number of carbonyl (C=O) groups excluding carboxylic acids is 3. The summed E-state index contributed by atoms with van der Waals surface area (Å²) in [6.45, 7) is 4.11. The molecule has 3 N–H and O–H groups in total. The lowest BCUT2D eigenvalue weighted by atomic mass is 10.2. The predicted molar refractivity (Wildman–Crippen MR) is 87.9 cm³/mol. The molecule has 1 aliphatic heterocycles. The Bertz CT molecular complexity index is 569. The third kappa shape index (κ3) is 5.64. The minimum absolute atomic E-state index is 0.185. The highest BCUT2D eigenvalue weighted by molar-refractivity contribution is 7.92. The second-order valence-electron chi connectivity index (χ2n) is 5.98. The molecule has 1 heterocycles. The van der Waals surface area contributed by atoms with E-state index >= 15 is 0 Å². The third-order valence-electron chi connectivity index (χ3n) is 3.92. The Morgan fingerprint density at radius 3 is 2.33 bits per heavy atom. The number of hydrogen-bond acceptors (Lipinski definition) is 8. The number of carbonyl (C=O) groups is 3. The van der Waals surface area contributed by atoms with Crippen LogP contribution in [0.2, 0.25) is 0 Å². The summed E-state index contributed by atoms with van der Waals surface area (Å²) in [5.41, 5.74) is 5.60. The first-order chi connectivity index (χ1) is 11.2. The first-order valence-electron chi connectivity index (χ1n) is 8.21. The lowest BCUT2D eigenvalue weighted by molar-refractivity contribution is -0.161. The first-order valence-corrected chi connectivity index (χ1v) is 9.93. The molecule has 0 bridgehead atoms. The maximum Gasteiger partial charge on any atom is 0.338 e. The maximum absolute atomic E-state index is 12.4. The van der Waals surface area contributed by atoms with E-state index in [2.05, 4.69) is 10.1 Å². The molecular weight excluding hydrogens is 336 g/mol. The molecule has 0 saturated carbocycles. The monoisotopic (exact) mass is 362 g/mol. The smallest absolute Gasteiger partial charge is 0.338 e. The summed E-state index contributed by atoms with van der Waals surface area (Å²) in [5, 5.41) is 2.06. The average Bonchev–Trinajstić information content (AvgIpc) is 2.92. The van der Waals surface area contributed by atoms with E-state index in [1.54, 1.807) is 0 Å². The van der Waals surface area contributed by atoms with E-state index in [1.165, 1.54) is 0 Å². The highest BCUT2D eigenvalue weighted by atomic mass is 32.2. The molecule has 0 spiro atoms. The van der Waals surface area contributed by atoms with Crippen molar-refractivity contribution in [1.82, 2.24) is 5.32 Å². The van der Waals surface area contributed by atoms with Crippen molar-refractivity contribution in [3.63, 3.8) is 0 Å². The van der Waals surface area contributed by atoms with Gasteiger partial charge in [-0.2, -0.15) is 0 Å². The Hall–Kier alpha value is -1.32. The lowest BCUT2D eigenvalue weighted by Crippen LogP contribution is -2.45. The largest absolute Gasteiger partial charge is 0.390 e. The van der Waals surface area contributed by atoms with E-state index in [0.717, 1.165) is 0 Å². The van der Waals surface area contributed by atoms with Crippen molar-refractivity contribution in [3.8, 4) is 0 Å². The molecule has 2 atom stereocenters. The van der Waals surface area contributed by atoms with Crippen LogP contribution in [0.15, 0.2) is 0 Å². The summed E-state index contributed by atoms with van der Waals surface area (Å²) in [6.07, 6.45) is 2.59. The van der Waals surface area contributed by atoms with Gasteiger partial charge in [0.15, 0.2) is 21.7 Å². The number of hydrogen-bond donors (Lipinski definition) is 2. The number of nitrogens with two attached hydrogens (primary N) is 1. The molecule has 0 aromatic rings. The SMILES string of the molecule is CCCC(CCC)S(=O)(=O)C[C@H](N)C(=O)OC(=O)[C@@H]1NCCC1=O. The molecule has 1 rings (SSSR count). The highest BCUT2D eigenvalue weighted by Crippen LogP contribution is 2.16. The van der Waals surface area contributed by atoms with Crippen LogP contribution < -0.4 is 11.1 Å². The van der Waals surface area contributed by atoms with Crippen LogP contribution >= 0.6 is 0 Å². The molecular formula is C15H26N2O6S. The molecule has 8 nitrogen and oxygen atoms in total. The molecule has 9 heteroatoms. The van der Waals surface area contributed by atoms with Gasteiger partial charge in [-0.1, -0.05) is 26.7 Å². The van der Waals surface area contributed by atoms with Gasteiger partial charge >= 0.3 is 11.9 Å². The molecule has 1 aliphatic rings. The average molecular weight is 362 g/mol. The van der Waals surface area contributed by atoms with Gasteiger partial charge in [0.2, 0.25) is 0 Å². The normalized spacial score (nSPS) is 19.5. The van der Waals surface area contributed by atoms with E-state index in [9.17, 15) is 22.8 Å². The highest BCUT2D eigenvalue weighted by Gasteiger charge is 2.36. The summed E-state index contributed by atoms with van der Waals surface area (Å²) < 4.78 is 29.3. The standard InChI is InChI=1S/C15H26N2O6S/c1-3-5-10(6-4-2)24(21,22)9-11(16)14(19)23-15(20)13-12(18)7-8-17-13/h10-11,13,17H,3-9,16H2,1-2H3/t11-,13+/m0/s1. The Balaban J connectivity index is 2.64. The quantitative estimate of drug-likeness (QED) is 0.422. The van der Waals surface area contributed by atoms with Crippen molar-refractivity contribution in [2.24, 2.45) is 5.73 Å². The number of nitrogens with one attached hydrogen (secondary N) is 1. The van der Waals surface area contributed by atoms with Crippen LogP contribution in [0.3, 0.4) is 0 Å². The first kappa shape index (κ1) is 20.7. The van der Waals surface area contributed by atoms with Gasteiger partial charge in [0.25, 0.3) is 0 Å². The fourth-order valence-corrected chi connectivity index (χ4v) is 4.75. The summed E-state index contributed by atoms with van der Waals surface area (Å²) in [7, 11) is -3.58. The molecule has 0 amide bonds. The van der Waals surface area contributed by atoms with Crippen LogP contribution in [0.1, 0.15) is 46.0 Å². The number of Topliss-reactive ketones (excluding diaryl/α,β-unsaturated/α-hetero) is 1. The number of esters is 2.